The zero-order valence-corrected chi connectivity index (χ0v) is 14.4. The lowest BCUT2D eigenvalue weighted by Crippen LogP contribution is -2.53. The van der Waals surface area contributed by atoms with Crippen molar-refractivity contribution in [3.63, 3.8) is 0 Å². The van der Waals surface area contributed by atoms with E-state index in [4.69, 9.17) is 5.73 Å². The molecule has 1 aliphatic carbocycles. The normalized spacial score (nSPS) is 21.4. The van der Waals surface area contributed by atoms with Crippen LogP contribution < -0.4 is 5.73 Å². The summed E-state index contributed by atoms with van der Waals surface area (Å²) >= 11 is 0. The van der Waals surface area contributed by atoms with Gasteiger partial charge in [-0.25, -0.2) is 0 Å². The van der Waals surface area contributed by atoms with Crippen LogP contribution >= 0.6 is 0 Å². The fraction of sp³-hybridized carbons (Fsp3) is 0.667. The summed E-state index contributed by atoms with van der Waals surface area (Å²) in [5, 5.41) is 0. The molecule has 2 N–H and O–H groups in total. The van der Waals surface area contributed by atoms with E-state index >= 15 is 0 Å². The Hall–Kier alpha value is -1.42. The molecule has 0 aromatic carbocycles. The highest BCUT2D eigenvalue weighted by atomic mass is 16.2. The Balaban J connectivity index is 0.00000116. The van der Waals surface area contributed by atoms with E-state index in [9.17, 15) is 9.59 Å². The van der Waals surface area contributed by atoms with Crippen molar-refractivity contribution >= 4 is 11.8 Å². The van der Waals surface area contributed by atoms with Crippen LogP contribution in [0.15, 0.2) is 23.3 Å². The zero-order valence-electron chi connectivity index (χ0n) is 14.4. The SMILES string of the molecule is C/C=C\C1=C(CC)C(=O)N(CC2(N)CCCCC2)C1=O.CC. The van der Waals surface area contributed by atoms with Gasteiger partial charge in [0.05, 0.1) is 0 Å². The van der Waals surface area contributed by atoms with Gasteiger partial charge in [0.2, 0.25) is 0 Å². The average Bonchev–Trinajstić information content (AvgIpc) is 2.74. The van der Waals surface area contributed by atoms with Gasteiger partial charge in [0.1, 0.15) is 0 Å². The Morgan fingerprint density at radius 2 is 1.73 bits per heavy atom. The quantitative estimate of drug-likeness (QED) is 0.810. The molecule has 4 heteroatoms. The number of amides is 2. The average molecular weight is 306 g/mol. The highest BCUT2D eigenvalue weighted by molar-refractivity contribution is 6.20. The van der Waals surface area contributed by atoms with Crippen LogP contribution in [0.25, 0.3) is 0 Å². The van der Waals surface area contributed by atoms with Gasteiger partial charge in [0.25, 0.3) is 11.8 Å². The maximum Gasteiger partial charge on any atom is 0.261 e. The number of allylic oxidation sites excluding steroid dienone is 1. The molecule has 0 bridgehead atoms. The lowest BCUT2D eigenvalue weighted by Gasteiger charge is -2.36. The molecule has 0 spiro atoms. The van der Waals surface area contributed by atoms with Crippen LogP contribution in [0.2, 0.25) is 0 Å². The van der Waals surface area contributed by atoms with Crippen molar-refractivity contribution in [1.82, 2.24) is 4.90 Å². The molecule has 2 amide bonds. The van der Waals surface area contributed by atoms with Crippen LogP contribution in [0, 0.1) is 0 Å². The summed E-state index contributed by atoms with van der Waals surface area (Å²) in [5.74, 6) is -0.332. The van der Waals surface area contributed by atoms with Crippen LogP contribution in [-0.4, -0.2) is 28.8 Å². The van der Waals surface area contributed by atoms with E-state index in [-0.39, 0.29) is 11.8 Å². The molecular weight excluding hydrogens is 276 g/mol. The van der Waals surface area contributed by atoms with Crippen molar-refractivity contribution in [2.24, 2.45) is 5.73 Å². The molecule has 0 radical (unpaired) electrons. The smallest absolute Gasteiger partial charge is 0.261 e. The first-order chi connectivity index (χ1) is 10.5. The molecular formula is C18H30N2O2. The summed E-state index contributed by atoms with van der Waals surface area (Å²) in [6.45, 7) is 8.12. The summed E-state index contributed by atoms with van der Waals surface area (Å²) in [6.07, 6.45) is 9.28. The first-order valence-electron chi connectivity index (χ1n) is 8.53. The van der Waals surface area contributed by atoms with Gasteiger partial charge >= 0.3 is 0 Å². The fourth-order valence-electron chi connectivity index (χ4n) is 3.20. The lowest BCUT2D eigenvalue weighted by molar-refractivity contribution is -0.138. The van der Waals surface area contributed by atoms with Crippen LogP contribution in [-0.2, 0) is 9.59 Å². The number of carbonyl (C=O) groups is 2. The molecule has 0 atom stereocenters. The topological polar surface area (TPSA) is 63.4 Å². The van der Waals surface area contributed by atoms with Crippen LogP contribution in [0.1, 0.15) is 66.2 Å². The highest BCUT2D eigenvalue weighted by Gasteiger charge is 2.40. The summed E-state index contributed by atoms with van der Waals surface area (Å²) in [5.41, 5.74) is 7.15. The standard InChI is InChI=1S/C16H24N2O2.C2H6/c1-3-8-13-12(4-2)14(19)18(15(13)20)11-16(17)9-6-5-7-10-16;1-2/h3,8H,4-7,9-11,17H2,1-2H3;1-2H3/b8-3-;. The number of hydrogen-bond acceptors (Lipinski definition) is 3. The monoisotopic (exact) mass is 306 g/mol. The second kappa shape index (κ2) is 8.28. The molecule has 124 valence electrons. The Morgan fingerprint density at radius 1 is 1.14 bits per heavy atom. The first-order valence-corrected chi connectivity index (χ1v) is 8.53. The van der Waals surface area contributed by atoms with E-state index in [1.54, 1.807) is 12.2 Å². The van der Waals surface area contributed by atoms with E-state index < -0.39 is 5.54 Å². The van der Waals surface area contributed by atoms with E-state index in [1.807, 2.05) is 27.7 Å². The Labute approximate surface area is 134 Å². The highest BCUT2D eigenvalue weighted by Crippen LogP contribution is 2.31. The molecule has 1 heterocycles. The number of imide groups is 1. The van der Waals surface area contributed by atoms with E-state index in [1.165, 1.54) is 11.3 Å². The van der Waals surface area contributed by atoms with Crippen molar-refractivity contribution in [2.45, 2.75) is 71.8 Å². The molecule has 1 saturated carbocycles. The number of hydrogen-bond donors (Lipinski definition) is 1. The summed E-state index contributed by atoms with van der Waals surface area (Å²) in [6, 6.07) is 0. The molecule has 4 nitrogen and oxygen atoms in total. The second-order valence-electron chi connectivity index (χ2n) is 5.87. The fourth-order valence-corrected chi connectivity index (χ4v) is 3.20. The van der Waals surface area contributed by atoms with Gasteiger partial charge in [0, 0.05) is 23.2 Å². The van der Waals surface area contributed by atoms with Crippen LogP contribution in [0.3, 0.4) is 0 Å². The van der Waals surface area contributed by atoms with Gasteiger partial charge in [-0.1, -0.05) is 52.2 Å². The number of carbonyl (C=O) groups excluding carboxylic acids is 2. The Kier molecular flexibility index (Phi) is 7.01. The molecule has 2 aliphatic rings. The van der Waals surface area contributed by atoms with E-state index in [0.717, 1.165) is 25.7 Å². The zero-order chi connectivity index (χ0) is 16.8. The Morgan fingerprint density at radius 3 is 2.23 bits per heavy atom. The lowest BCUT2D eigenvalue weighted by atomic mass is 9.82. The van der Waals surface area contributed by atoms with Gasteiger partial charge in [0.15, 0.2) is 0 Å². The van der Waals surface area contributed by atoms with Gasteiger partial charge in [-0.2, -0.15) is 0 Å². The van der Waals surface area contributed by atoms with Crippen LogP contribution in [0.4, 0.5) is 0 Å². The molecule has 1 fully saturated rings. The summed E-state index contributed by atoms with van der Waals surface area (Å²) in [7, 11) is 0. The molecule has 0 aromatic heterocycles. The van der Waals surface area contributed by atoms with Gasteiger partial charge in [-0.3, -0.25) is 14.5 Å². The number of nitrogens with zero attached hydrogens (tertiary/aromatic N) is 1. The van der Waals surface area contributed by atoms with Crippen molar-refractivity contribution in [1.29, 1.82) is 0 Å². The predicted molar refractivity (Wildman–Crippen MR) is 90.2 cm³/mol. The third-order valence-electron chi connectivity index (χ3n) is 4.31. The van der Waals surface area contributed by atoms with E-state index in [0.29, 0.717) is 24.1 Å². The maximum atomic E-state index is 12.4. The number of rotatable bonds is 4. The largest absolute Gasteiger partial charge is 0.324 e. The first kappa shape index (κ1) is 18.6. The van der Waals surface area contributed by atoms with Crippen molar-refractivity contribution < 1.29 is 9.59 Å². The molecule has 0 saturated heterocycles. The molecule has 2 rings (SSSR count). The second-order valence-corrected chi connectivity index (χ2v) is 5.87. The minimum absolute atomic E-state index is 0.152. The van der Waals surface area contributed by atoms with Crippen molar-refractivity contribution in [3.8, 4) is 0 Å². The minimum atomic E-state index is -0.395. The summed E-state index contributed by atoms with van der Waals surface area (Å²) < 4.78 is 0. The van der Waals surface area contributed by atoms with Crippen LogP contribution in [0.5, 0.6) is 0 Å². The predicted octanol–water partition coefficient (Wildman–Crippen LogP) is 3.33. The minimum Gasteiger partial charge on any atom is -0.324 e. The third kappa shape index (κ3) is 3.86. The van der Waals surface area contributed by atoms with Gasteiger partial charge < -0.3 is 5.73 Å². The Bertz CT molecular complexity index is 471. The molecule has 0 aromatic rings. The van der Waals surface area contributed by atoms with E-state index in [2.05, 4.69) is 0 Å². The maximum absolute atomic E-state index is 12.4. The molecule has 0 unspecified atom stereocenters. The third-order valence-corrected chi connectivity index (χ3v) is 4.31. The summed E-state index contributed by atoms with van der Waals surface area (Å²) in [4.78, 5) is 26.2. The van der Waals surface area contributed by atoms with Crippen molar-refractivity contribution in [2.75, 3.05) is 6.54 Å². The van der Waals surface area contributed by atoms with Crippen molar-refractivity contribution in [3.05, 3.63) is 23.3 Å². The van der Waals surface area contributed by atoms with Gasteiger partial charge in [-0.05, 0) is 26.2 Å². The molecule has 1 aliphatic heterocycles. The van der Waals surface area contributed by atoms with Gasteiger partial charge in [-0.15, -0.1) is 0 Å². The molecule has 22 heavy (non-hydrogen) atoms. The number of nitrogens with two attached hydrogens (primary N) is 1.